The van der Waals surface area contributed by atoms with Crippen LogP contribution >= 0.6 is 0 Å². The summed E-state index contributed by atoms with van der Waals surface area (Å²) in [5, 5.41) is 6.74. The number of hydrogen-bond donors (Lipinski definition) is 1. The van der Waals surface area contributed by atoms with Crippen LogP contribution in [0.2, 0.25) is 0 Å². The van der Waals surface area contributed by atoms with Crippen LogP contribution in [0, 0.1) is 11.5 Å². The first-order chi connectivity index (χ1) is 3.18. The maximum atomic E-state index is 11.3. The quantitative estimate of drug-likeness (QED) is 0.260. The molecule has 0 rings (SSSR count). The number of hydrogen-bond acceptors (Lipinski definition) is 2. The molecule has 0 aliphatic rings. The van der Waals surface area contributed by atoms with Gasteiger partial charge in [0.25, 0.3) is 0 Å². The summed E-state index contributed by atoms with van der Waals surface area (Å²) >= 11 is 0. The van der Waals surface area contributed by atoms with E-state index in [9.17, 15) is 9.28 Å². The van der Waals surface area contributed by atoms with Crippen LogP contribution in [0.1, 0.15) is 0 Å². The minimum atomic E-state index is -1.40. The summed E-state index contributed by atoms with van der Waals surface area (Å²) in [6.07, 6.45) is 0.856. The Hall–Kier alpha value is -1.31. The number of nitriles is 1. The lowest BCUT2D eigenvalue weighted by molar-refractivity contribution is 0.131. The molecule has 5 heteroatoms. The molecule has 0 spiro atoms. The van der Waals surface area contributed by atoms with Crippen molar-refractivity contribution in [3.8, 4) is 6.19 Å². The Labute approximate surface area is 38.9 Å². The summed E-state index contributed by atoms with van der Waals surface area (Å²) in [5.41, 5.74) is 4.24. The highest BCUT2D eigenvalue weighted by molar-refractivity contribution is 5.72. The van der Waals surface area contributed by atoms with E-state index in [0.717, 1.165) is 6.19 Å². The van der Waals surface area contributed by atoms with Crippen molar-refractivity contribution in [1.29, 1.82) is 5.26 Å². The Balaban J connectivity index is 3.63. The first-order valence-electron chi connectivity index (χ1n) is 1.33. The van der Waals surface area contributed by atoms with E-state index in [1.807, 2.05) is 0 Å². The van der Waals surface area contributed by atoms with Gasteiger partial charge in [0.15, 0.2) is 0 Å². The Kier molecular flexibility index (Phi) is 1.60. The lowest BCUT2D eigenvalue weighted by atomic mass is 11.0. The number of halogens is 1. The highest BCUT2D eigenvalue weighted by Gasteiger charge is 2.02. The zero-order chi connectivity index (χ0) is 5.86. The molecule has 0 aromatic heterocycles. The smallest absolute Gasteiger partial charge is 0.349 e. The fourth-order valence-corrected chi connectivity index (χ4v) is 0.0493. The average Bonchev–Trinajstić information content (AvgIpc) is 1.65. The molecule has 0 saturated carbocycles. The maximum Gasteiger partial charge on any atom is 0.357 e. The number of nitrogens with two attached hydrogens (primary N) is 1. The minimum absolute atomic E-state index is 0.764. The van der Waals surface area contributed by atoms with E-state index >= 15 is 0 Å². The van der Waals surface area contributed by atoms with Crippen molar-refractivity contribution in [3.63, 3.8) is 0 Å². The van der Waals surface area contributed by atoms with E-state index in [2.05, 4.69) is 5.73 Å². The number of primary amides is 1. The van der Waals surface area contributed by atoms with Crippen LogP contribution in [0.25, 0.3) is 0 Å². The second-order valence-corrected chi connectivity index (χ2v) is 0.719. The van der Waals surface area contributed by atoms with E-state index in [1.165, 1.54) is 0 Å². The van der Waals surface area contributed by atoms with Gasteiger partial charge in [-0.15, -0.1) is 0 Å². The molecule has 2 amide bonds. The highest BCUT2D eigenvalue weighted by atomic mass is 19.2. The van der Waals surface area contributed by atoms with Crippen LogP contribution in [0.4, 0.5) is 9.28 Å². The number of amides is 2. The van der Waals surface area contributed by atoms with Crippen molar-refractivity contribution in [2.45, 2.75) is 0 Å². The van der Waals surface area contributed by atoms with Gasteiger partial charge in [0.1, 0.15) is 0 Å². The zero-order valence-electron chi connectivity index (χ0n) is 3.26. The van der Waals surface area contributed by atoms with Crippen LogP contribution in [0.15, 0.2) is 0 Å². The van der Waals surface area contributed by atoms with Gasteiger partial charge in [0.2, 0.25) is 6.19 Å². The van der Waals surface area contributed by atoms with Gasteiger partial charge in [-0.1, -0.05) is 9.60 Å². The molecule has 0 bridgehead atoms. The average molecular weight is 103 g/mol. The molecule has 0 heterocycles. The highest BCUT2D eigenvalue weighted by Crippen LogP contribution is 1.79. The predicted molar refractivity (Wildman–Crippen MR) is 18.1 cm³/mol. The van der Waals surface area contributed by atoms with E-state index in [-0.39, 0.29) is 0 Å². The normalized spacial score (nSPS) is 6.86. The van der Waals surface area contributed by atoms with Gasteiger partial charge in [0, 0.05) is 0 Å². The molecule has 7 heavy (non-hydrogen) atoms. The molecule has 0 aliphatic carbocycles. The third-order valence-corrected chi connectivity index (χ3v) is 0.281. The van der Waals surface area contributed by atoms with E-state index in [1.54, 1.807) is 0 Å². The van der Waals surface area contributed by atoms with E-state index in [0.29, 0.717) is 0 Å². The molecule has 4 nitrogen and oxygen atoms in total. The Morgan fingerprint density at radius 3 is 2.43 bits per heavy atom. The summed E-state index contributed by atoms with van der Waals surface area (Å²) in [5.74, 6) is 0. The number of nitrogens with zero attached hydrogens (tertiary/aromatic N) is 2. The fourth-order valence-electron chi connectivity index (χ4n) is 0.0493. The van der Waals surface area contributed by atoms with Crippen molar-refractivity contribution >= 4 is 6.03 Å². The molecule has 0 atom stereocenters. The standard InChI is InChI=1S/C2H2FN3O/c3-6(1-4)2(5)7/h(H2,5,7). The van der Waals surface area contributed by atoms with Gasteiger partial charge < -0.3 is 5.73 Å². The molecule has 0 aromatic carbocycles. The number of carbonyl (C=O) groups is 1. The van der Waals surface area contributed by atoms with Crippen molar-refractivity contribution in [2.75, 3.05) is 0 Å². The Bertz CT molecular complexity index is 117. The van der Waals surface area contributed by atoms with Crippen LogP contribution in [-0.4, -0.2) is 11.2 Å². The van der Waals surface area contributed by atoms with Gasteiger partial charge in [-0.25, -0.2) is 4.79 Å². The molecule has 0 aliphatic heterocycles. The number of carbonyl (C=O) groups excluding carboxylic acids is 1. The third-order valence-electron chi connectivity index (χ3n) is 0.281. The van der Waals surface area contributed by atoms with Crippen LogP contribution < -0.4 is 5.73 Å². The van der Waals surface area contributed by atoms with Crippen molar-refractivity contribution in [2.24, 2.45) is 5.73 Å². The monoisotopic (exact) mass is 103 g/mol. The summed E-state index contributed by atoms with van der Waals surface area (Å²) in [7, 11) is 0. The SMILES string of the molecule is N#CN(F)C(N)=O. The van der Waals surface area contributed by atoms with Gasteiger partial charge >= 0.3 is 6.03 Å². The Morgan fingerprint density at radius 2 is 2.43 bits per heavy atom. The molecule has 0 fully saturated rings. The summed E-state index contributed by atoms with van der Waals surface area (Å²) in [6, 6.07) is -1.40. The lowest BCUT2D eigenvalue weighted by Crippen LogP contribution is -2.23. The maximum absolute atomic E-state index is 11.3. The molecule has 0 aromatic rings. The molecular weight excluding hydrogens is 101 g/mol. The molecular formula is C2H2FN3O. The second kappa shape index (κ2) is 1.97. The van der Waals surface area contributed by atoms with Gasteiger partial charge in [0.05, 0.1) is 0 Å². The van der Waals surface area contributed by atoms with Crippen LogP contribution in [0.3, 0.4) is 0 Å². The van der Waals surface area contributed by atoms with Crippen molar-refractivity contribution in [3.05, 3.63) is 0 Å². The summed E-state index contributed by atoms with van der Waals surface area (Å²) < 4.78 is 11.3. The van der Waals surface area contributed by atoms with Crippen molar-refractivity contribution in [1.82, 2.24) is 5.12 Å². The molecule has 0 saturated heterocycles. The summed E-state index contributed by atoms with van der Waals surface area (Å²) in [6.45, 7) is 0. The van der Waals surface area contributed by atoms with Gasteiger partial charge in [-0.3, -0.25) is 0 Å². The van der Waals surface area contributed by atoms with Gasteiger partial charge in [-0.05, 0) is 0 Å². The topological polar surface area (TPSA) is 70.1 Å². The third kappa shape index (κ3) is 1.54. The van der Waals surface area contributed by atoms with Crippen molar-refractivity contribution < 1.29 is 9.28 Å². The Morgan fingerprint density at radius 1 is 2.00 bits per heavy atom. The van der Waals surface area contributed by atoms with Crippen LogP contribution in [-0.2, 0) is 0 Å². The first-order valence-corrected chi connectivity index (χ1v) is 1.33. The molecule has 0 unspecified atom stereocenters. The fraction of sp³-hybridized carbons (Fsp3) is 0. The largest absolute Gasteiger partial charge is 0.357 e. The van der Waals surface area contributed by atoms with E-state index < -0.39 is 11.2 Å². The molecule has 2 N–H and O–H groups in total. The summed E-state index contributed by atoms with van der Waals surface area (Å²) in [4.78, 5) is 9.48. The first kappa shape index (κ1) is 5.69. The number of rotatable bonds is 0. The lowest BCUT2D eigenvalue weighted by Gasteiger charge is -1.89. The molecule has 38 valence electrons. The van der Waals surface area contributed by atoms with Gasteiger partial charge in [-0.2, -0.15) is 5.26 Å². The zero-order valence-corrected chi connectivity index (χ0v) is 3.26. The van der Waals surface area contributed by atoms with Crippen LogP contribution in [0.5, 0.6) is 0 Å². The number of urea groups is 1. The van der Waals surface area contributed by atoms with E-state index in [4.69, 9.17) is 5.26 Å². The molecule has 0 radical (unpaired) electrons. The minimum Gasteiger partial charge on any atom is -0.349 e. The predicted octanol–water partition coefficient (Wildman–Crippen LogP) is -0.267. The second-order valence-electron chi connectivity index (χ2n) is 0.719.